The first-order chi connectivity index (χ1) is 8.54. The molecule has 18 heavy (non-hydrogen) atoms. The number of rotatable bonds is 6. The second-order valence-corrected chi connectivity index (χ2v) is 3.67. The predicted octanol–water partition coefficient (Wildman–Crippen LogP) is 0.733. The number of benzene rings is 1. The van der Waals surface area contributed by atoms with Crippen molar-refractivity contribution in [3.8, 4) is 0 Å². The highest BCUT2D eigenvalue weighted by atomic mass is 16.5. The van der Waals surface area contributed by atoms with Crippen molar-refractivity contribution < 1.29 is 14.3 Å². The van der Waals surface area contributed by atoms with Crippen LogP contribution in [0.3, 0.4) is 0 Å². The van der Waals surface area contributed by atoms with Gasteiger partial charge in [-0.15, -0.1) is 0 Å². The van der Waals surface area contributed by atoms with E-state index in [1.165, 1.54) is 6.07 Å². The van der Waals surface area contributed by atoms with Crippen LogP contribution in [0.1, 0.15) is 23.7 Å². The van der Waals surface area contributed by atoms with Gasteiger partial charge in [-0.25, -0.2) is 4.79 Å². The lowest BCUT2D eigenvalue weighted by Crippen LogP contribution is -2.17. The highest BCUT2D eigenvalue weighted by Gasteiger charge is 2.12. The van der Waals surface area contributed by atoms with Crippen LogP contribution in [-0.4, -0.2) is 25.0 Å². The zero-order valence-corrected chi connectivity index (χ0v) is 10.2. The standard InChI is InChI=1S/C12H17N3O3/c1-2-18-12(17)9-7-8(13)3-4-10(9)15-6-5-11(14)16/h3-4,7,15H,2,5-6,13H2,1H3,(H2,14,16). The van der Waals surface area contributed by atoms with Gasteiger partial charge >= 0.3 is 5.97 Å². The number of ether oxygens (including phenoxy) is 1. The molecule has 1 aromatic carbocycles. The van der Waals surface area contributed by atoms with E-state index in [9.17, 15) is 9.59 Å². The molecule has 1 rings (SSSR count). The fourth-order valence-corrected chi connectivity index (χ4v) is 1.41. The maximum atomic E-state index is 11.7. The molecule has 6 nitrogen and oxygen atoms in total. The van der Waals surface area contributed by atoms with Crippen molar-refractivity contribution in [2.24, 2.45) is 5.73 Å². The van der Waals surface area contributed by atoms with Gasteiger partial charge in [-0.2, -0.15) is 0 Å². The Hall–Kier alpha value is -2.24. The summed E-state index contributed by atoms with van der Waals surface area (Å²) in [5, 5.41) is 2.95. The maximum absolute atomic E-state index is 11.7. The van der Waals surface area contributed by atoms with E-state index in [0.29, 0.717) is 23.5 Å². The molecule has 0 radical (unpaired) electrons. The van der Waals surface area contributed by atoms with E-state index in [1.54, 1.807) is 19.1 Å². The Morgan fingerprint density at radius 2 is 2.11 bits per heavy atom. The number of nitrogens with two attached hydrogens (primary N) is 2. The number of amides is 1. The lowest BCUT2D eigenvalue weighted by atomic mass is 10.1. The van der Waals surface area contributed by atoms with Gasteiger partial charge in [0.05, 0.1) is 12.2 Å². The molecule has 6 heteroatoms. The second kappa shape index (κ2) is 6.48. The van der Waals surface area contributed by atoms with Crippen molar-refractivity contribution in [2.45, 2.75) is 13.3 Å². The highest BCUT2D eigenvalue weighted by Crippen LogP contribution is 2.20. The number of hydrogen-bond donors (Lipinski definition) is 3. The first-order valence-electron chi connectivity index (χ1n) is 5.63. The Labute approximate surface area is 105 Å². The fraction of sp³-hybridized carbons (Fsp3) is 0.333. The van der Waals surface area contributed by atoms with Crippen LogP contribution in [0.4, 0.5) is 11.4 Å². The third-order valence-corrected chi connectivity index (χ3v) is 2.23. The van der Waals surface area contributed by atoms with E-state index < -0.39 is 11.9 Å². The molecule has 0 saturated heterocycles. The molecule has 0 saturated carbocycles. The molecule has 0 aliphatic rings. The smallest absolute Gasteiger partial charge is 0.340 e. The van der Waals surface area contributed by atoms with E-state index in [4.69, 9.17) is 16.2 Å². The Balaban J connectivity index is 2.82. The number of hydrogen-bond acceptors (Lipinski definition) is 5. The van der Waals surface area contributed by atoms with Crippen molar-refractivity contribution in [1.82, 2.24) is 0 Å². The molecule has 0 atom stereocenters. The summed E-state index contributed by atoms with van der Waals surface area (Å²) in [7, 11) is 0. The van der Waals surface area contributed by atoms with E-state index in [1.807, 2.05) is 0 Å². The molecule has 0 fully saturated rings. The summed E-state index contributed by atoms with van der Waals surface area (Å²) in [6.07, 6.45) is 0.187. The first kappa shape index (κ1) is 13.8. The zero-order chi connectivity index (χ0) is 13.5. The first-order valence-corrected chi connectivity index (χ1v) is 5.63. The van der Waals surface area contributed by atoms with Crippen LogP contribution in [0, 0.1) is 0 Å². The van der Waals surface area contributed by atoms with Gasteiger partial charge in [-0.05, 0) is 25.1 Å². The van der Waals surface area contributed by atoms with Crippen LogP contribution in [0.5, 0.6) is 0 Å². The number of carbonyl (C=O) groups is 2. The largest absolute Gasteiger partial charge is 0.462 e. The molecule has 0 heterocycles. The molecule has 0 spiro atoms. The van der Waals surface area contributed by atoms with Crippen molar-refractivity contribution in [3.63, 3.8) is 0 Å². The molecular formula is C12H17N3O3. The minimum absolute atomic E-state index is 0.187. The van der Waals surface area contributed by atoms with E-state index in [2.05, 4.69) is 5.32 Å². The van der Waals surface area contributed by atoms with Crippen molar-refractivity contribution >= 4 is 23.3 Å². The minimum Gasteiger partial charge on any atom is -0.462 e. The van der Waals surface area contributed by atoms with Gasteiger partial charge in [-0.1, -0.05) is 0 Å². The van der Waals surface area contributed by atoms with Gasteiger partial charge in [0, 0.05) is 24.3 Å². The second-order valence-electron chi connectivity index (χ2n) is 3.67. The lowest BCUT2D eigenvalue weighted by molar-refractivity contribution is -0.117. The van der Waals surface area contributed by atoms with Crippen molar-refractivity contribution in [2.75, 3.05) is 24.2 Å². The van der Waals surface area contributed by atoms with Crippen LogP contribution in [0.15, 0.2) is 18.2 Å². The molecule has 0 aromatic heterocycles. The van der Waals surface area contributed by atoms with Crippen LogP contribution in [-0.2, 0) is 9.53 Å². The third kappa shape index (κ3) is 3.97. The van der Waals surface area contributed by atoms with Gasteiger partial charge in [0.2, 0.25) is 5.91 Å². The van der Waals surface area contributed by atoms with E-state index in [0.717, 1.165) is 0 Å². The molecule has 0 unspecified atom stereocenters. The fourth-order valence-electron chi connectivity index (χ4n) is 1.41. The average Bonchev–Trinajstić information content (AvgIpc) is 2.31. The monoisotopic (exact) mass is 251 g/mol. The molecule has 1 aromatic rings. The predicted molar refractivity (Wildman–Crippen MR) is 69.1 cm³/mol. The van der Waals surface area contributed by atoms with Crippen molar-refractivity contribution in [3.05, 3.63) is 23.8 Å². The summed E-state index contributed by atoms with van der Waals surface area (Å²) >= 11 is 0. The van der Waals surface area contributed by atoms with Crippen molar-refractivity contribution in [1.29, 1.82) is 0 Å². The normalized spacial score (nSPS) is 9.83. The Morgan fingerprint density at radius 1 is 1.39 bits per heavy atom. The molecule has 1 amide bonds. The summed E-state index contributed by atoms with van der Waals surface area (Å²) in [4.78, 5) is 22.3. The Kier molecular flexibility index (Phi) is 4.98. The average molecular weight is 251 g/mol. The van der Waals surface area contributed by atoms with Gasteiger partial charge in [0.25, 0.3) is 0 Å². The minimum atomic E-state index is -0.452. The maximum Gasteiger partial charge on any atom is 0.340 e. The highest BCUT2D eigenvalue weighted by molar-refractivity contribution is 5.96. The topological polar surface area (TPSA) is 107 Å². The van der Waals surface area contributed by atoms with Gasteiger partial charge < -0.3 is 21.5 Å². The summed E-state index contributed by atoms with van der Waals surface area (Å²) in [6, 6.07) is 4.86. The molecular weight excluding hydrogens is 234 g/mol. The van der Waals surface area contributed by atoms with Gasteiger partial charge in [0.1, 0.15) is 0 Å². The zero-order valence-electron chi connectivity index (χ0n) is 10.2. The SMILES string of the molecule is CCOC(=O)c1cc(N)ccc1NCCC(N)=O. The van der Waals surface area contributed by atoms with E-state index in [-0.39, 0.29) is 13.0 Å². The number of nitrogen functional groups attached to an aromatic ring is 1. The van der Waals surface area contributed by atoms with Gasteiger partial charge in [0.15, 0.2) is 0 Å². The molecule has 5 N–H and O–H groups in total. The van der Waals surface area contributed by atoms with Crippen LogP contribution < -0.4 is 16.8 Å². The van der Waals surface area contributed by atoms with Crippen LogP contribution in [0.2, 0.25) is 0 Å². The van der Waals surface area contributed by atoms with Crippen LogP contribution >= 0.6 is 0 Å². The summed E-state index contributed by atoms with van der Waals surface area (Å²) < 4.78 is 4.92. The lowest BCUT2D eigenvalue weighted by Gasteiger charge is -2.11. The number of primary amides is 1. The third-order valence-electron chi connectivity index (χ3n) is 2.23. The Morgan fingerprint density at radius 3 is 2.72 bits per heavy atom. The summed E-state index contributed by atoms with van der Waals surface area (Å²) in [5.41, 5.74) is 12.1. The van der Waals surface area contributed by atoms with Crippen LogP contribution in [0.25, 0.3) is 0 Å². The Bertz CT molecular complexity index is 446. The quantitative estimate of drug-likeness (QED) is 0.510. The van der Waals surface area contributed by atoms with Gasteiger partial charge in [-0.3, -0.25) is 4.79 Å². The summed E-state index contributed by atoms with van der Waals surface area (Å²) in [6.45, 7) is 2.37. The molecule has 0 aliphatic heterocycles. The molecule has 98 valence electrons. The number of esters is 1. The summed E-state index contributed by atoms with van der Waals surface area (Å²) in [5.74, 6) is -0.859. The number of carbonyl (C=O) groups excluding carboxylic acids is 2. The number of anilines is 2. The molecule has 0 bridgehead atoms. The molecule has 0 aliphatic carbocycles. The number of nitrogens with one attached hydrogen (secondary N) is 1. The van der Waals surface area contributed by atoms with E-state index >= 15 is 0 Å².